The third-order valence-corrected chi connectivity index (χ3v) is 9.71. The Morgan fingerprint density at radius 3 is 1.51 bits per heavy atom. The average molecular weight is 565 g/mol. The number of benzene rings is 6. The number of thiophene rings is 1. The van der Waals surface area contributed by atoms with Crippen LogP contribution in [0.2, 0.25) is 0 Å². The summed E-state index contributed by atoms with van der Waals surface area (Å²) in [5, 5.41) is 25.9. The molecule has 0 radical (unpaired) electrons. The van der Waals surface area contributed by atoms with E-state index >= 15 is 0 Å². The maximum atomic E-state index is 9.56. The van der Waals surface area contributed by atoms with E-state index in [-0.39, 0.29) is 0 Å². The van der Waals surface area contributed by atoms with Crippen LogP contribution in [-0.2, 0) is 0 Å². The van der Waals surface area contributed by atoms with Crippen LogP contribution in [0.1, 0.15) is 11.1 Å². The fourth-order valence-electron chi connectivity index (χ4n) is 6.67. The van der Waals surface area contributed by atoms with Crippen molar-refractivity contribution in [3.63, 3.8) is 0 Å². The van der Waals surface area contributed by atoms with Gasteiger partial charge in [0, 0.05) is 53.1 Å². The van der Waals surface area contributed by atoms with Crippen molar-refractivity contribution in [3.8, 4) is 23.5 Å². The number of hydrogen-bond acceptors (Lipinski definition) is 3. The molecule has 3 heterocycles. The second kappa shape index (κ2) is 8.81. The van der Waals surface area contributed by atoms with Crippen molar-refractivity contribution in [2.75, 3.05) is 0 Å². The lowest BCUT2D eigenvalue weighted by molar-refractivity contribution is 1.17. The Bertz CT molecular complexity index is 2710. The van der Waals surface area contributed by atoms with E-state index in [1.54, 1.807) is 11.3 Å². The van der Waals surface area contributed by atoms with Crippen LogP contribution in [0.5, 0.6) is 0 Å². The number of para-hydroxylation sites is 2. The second-order valence-corrected chi connectivity index (χ2v) is 11.9. The summed E-state index contributed by atoms with van der Waals surface area (Å²) < 4.78 is 7.04. The molecule has 0 saturated carbocycles. The molecule has 0 unspecified atom stereocenters. The highest BCUT2D eigenvalue weighted by Crippen LogP contribution is 2.39. The van der Waals surface area contributed by atoms with E-state index in [4.69, 9.17) is 0 Å². The fourth-order valence-corrected chi connectivity index (χ4v) is 7.74. The van der Waals surface area contributed by atoms with Gasteiger partial charge >= 0.3 is 0 Å². The summed E-state index contributed by atoms with van der Waals surface area (Å²) in [6.07, 6.45) is 0. The third-order valence-electron chi connectivity index (χ3n) is 8.56. The second-order valence-electron chi connectivity index (χ2n) is 10.9. The molecule has 0 aliphatic heterocycles. The lowest BCUT2D eigenvalue weighted by Gasteiger charge is -2.11. The number of nitriles is 2. The molecule has 0 N–H and O–H groups in total. The lowest BCUT2D eigenvalue weighted by atomic mass is 10.1. The highest BCUT2D eigenvalue weighted by molar-refractivity contribution is 7.25. The van der Waals surface area contributed by atoms with Crippen LogP contribution in [-0.4, -0.2) is 9.13 Å². The van der Waals surface area contributed by atoms with Gasteiger partial charge in [-0.3, -0.25) is 0 Å². The van der Waals surface area contributed by atoms with Gasteiger partial charge in [0.15, 0.2) is 0 Å². The molecule has 0 fully saturated rings. The minimum Gasteiger partial charge on any atom is -0.309 e. The minimum atomic E-state index is 0.660. The van der Waals surface area contributed by atoms with Gasteiger partial charge in [-0.2, -0.15) is 10.5 Å². The predicted octanol–water partition coefficient (Wildman–Crippen LogP) is 9.99. The zero-order valence-corrected chi connectivity index (χ0v) is 23.6. The minimum absolute atomic E-state index is 0.660. The summed E-state index contributed by atoms with van der Waals surface area (Å²) in [5.41, 5.74) is 7.98. The summed E-state index contributed by atoms with van der Waals surface area (Å²) >= 11 is 1.76. The molecular weight excluding hydrogens is 545 g/mol. The van der Waals surface area contributed by atoms with Crippen LogP contribution >= 0.6 is 11.3 Å². The first kappa shape index (κ1) is 23.8. The van der Waals surface area contributed by atoms with E-state index in [0.717, 1.165) is 49.6 Å². The van der Waals surface area contributed by atoms with Gasteiger partial charge < -0.3 is 9.13 Å². The summed E-state index contributed by atoms with van der Waals surface area (Å²) in [5.74, 6) is 0. The SMILES string of the molecule is N#Cc1ccc2sc3ccc(-n4c5ccccc5c5cc(-n6c7ccccc7c7cc(C#N)ccc76)ccc54)cc3c2c1. The molecule has 0 bridgehead atoms. The number of hydrogen-bond donors (Lipinski definition) is 0. The molecular formula is C38H20N4S. The quantitative estimate of drug-likeness (QED) is 0.210. The molecule has 0 saturated heterocycles. The van der Waals surface area contributed by atoms with Crippen LogP contribution in [0.3, 0.4) is 0 Å². The van der Waals surface area contributed by atoms with Crippen LogP contribution in [0.4, 0.5) is 0 Å². The Balaban J connectivity index is 1.32. The highest BCUT2D eigenvalue weighted by atomic mass is 32.1. The lowest BCUT2D eigenvalue weighted by Crippen LogP contribution is -1.95. The first-order valence-electron chi connectivity index (χ1n) is 14.1. The van der Waals surface area contributed by atoms with Crippen molar-refractivity contribution in [3.05, 3.63) is 132 Å². The molecule has 3 aromatic heterocycles. The summed E-state index contributed by atoms with van der Waals surface area (Å²) in [6.45, 7) is 0. The fraction of sp³-hybridized carbons (Fsp3) is 0. The summed E-state index contributed by atoms with van der Waals surface area (Å²) in [4.78, 5) is 0. The summed E-state index contributed by atoms with van der Waals surface area (Å²) in [6, 6.07) is 46.8. The topological polar surface area (TPSA) is 57.4 Å². The third kappa shape index (κ3) is 3.35. The maximum Gasteiger partial charge on any atom is 0.0991 e. The largest absolute Gasteiger partial charge is 0.309 e. The van der Waals surface area contributed by atoms with E-state index in [1.807, 2.05) is 24.3 Å². The Labute approximate surface area is 250 Å². The molecule has 0 aliphatic carbocycles. The van der Waals surface area contributed by atoms with Gasteiger partial charge in [-0.1, -0.05) is 36.4 Å². The zero-order chi connectivity index (χ0) is 28.7. The molecule has 9 aromatic rings. The number of rotatable bonds is 2. The summed E-state index contributed by atoms with van der Waals surface area (Å²) in [7, 11) is 0. The maximum absolute atomic E-state index is 9.56. The first-order chi connectivity index (χ1) is 21.2. The Kier molecular flexibility index (Phi) is 4.87. The highest BCUT2D eigenvalue weighted by Gasteiger charge is 2.17. The van der Waals surface area contributed by atoms with E-state index in [1.165, 1.54) is 25.6 Å². The van der Waals surface area contributed by atoms with E-state index in [0.29, 0.717) is 11.1 Å². The normalized spacial score (nSPS) is 11.7. The molecule has 43 heavy (non-hydrogen) atoms. The zero-order valence-electron chi connectivity index (χ0n) is 22.7. The predicted molar refractivity (Wildman–Crippen MR) is 177 cm³/mol. The molecule has 0 spiro atoms. The van der Waals surface area contributed by atoms with Crippen molar-refractivity contribution < 1.29 is 0 Å². The van der Waals surface area contributed by atoms with Crippen LogP contribution in [0.15, 0.2) is 121 Å². The van der Waals surface area contributed by atoms with Crippen molar-refractivity contribution >= 4 is 75.1 Å². The number of fused-ring (bicyclic) bond motifs is 9. The van der Waals surface area contributed by atoms with Gasteiger partial charge in [0.2, 0.25) is 0 Å². The van der Waals surface area contributed by atoms with Gasteiger partial charge in [0.05, 0.1) is 45.3 Å². The van der Waals surface area contributed by atoms with E-state index < -0.39 is 0 Å². The molecule has 198 valence electrons. The molecule has 5 heteroatoms. The van der Waals surface area contributed by atoms with Gasteiger partial charge in [-0.25, -0.2) is 0 Å². The van der Waals surface area contributed by atoms with Crippen LogP contribution in [0, 0.1) is 22.7 Å². The van der Waals surface area contributed by atoms with Gasteiger partial charge in [-0.05, 0) is 84.9 Å². The van der Waals surface area contributed by atoms with Crippen molar-refractivity contribution in [1.29, 1.82) is 10.5 Å². The molecule has 0 atom stereocenters. The van der Waals surface area contributed by atoms with Crippen molar-refractivity contribution in [2.24, 2.45) is 0 Å². The first-order valence-corrected chi connectivity index (χ1v) is 14.9. The number of nitrogens with zero attached hydrogens (tertiary/aromatic N) is 4. The standard InChI is InChI=1S/C38H20N4S/c39-21-23-9-13-35-29(17-23)27-5-1-3-7-33(27)41(35)25-11-14-36-30(19-25)28-6-2-4-8-34(28)42(36)26-12-16-38-32(20-26)31-18-24(22-40)10-15-37(31)43-38/h1-20H. The van der Waals surface area contributed by atoms with Crippen molar-refractivity contribution in [2.45, 2.75) is 0 Å². The van der Waals surface area contributed by atoms with Crippen LogP contribution in [0.25, 0.3) is 75.2 Å². The number of aromatic nitrogens is 2. The van der Waals surface area contributed by atoms with Gasteiger partial charge in [-0.15, -0.1) is 11.3 Å². The molecule has 0 amide bonds. The van der Waals surface area contributed by atoms with E-state index in [9.17, 15) is 10.5 Å². The van der Waals surface area contributed by atoms with Crippen LogP contribution < -0.4 is 0 Å². The van der Waals surface area contributed by atoms with Gasteiger partial charge in [0.25, 0.3) is 0 Å². The van der Waals surface area contributed by atoms with Gasteiger partial charge in [0.1, 0.15) is 0 Å². The molecule has 4 nitrogen and oxygen atoms in total. The average Bonchev–Trinajstić information content (AvgIpc) is 3.71. The Morgan fingerprint density at radius 1 is 0.419 bits per heavy atom. The Morgan fingerprint density at radius 2 is 0.860 bits per heavy atom. The van der Waals surface area contributed by atoms with E-state index in [2.05, 4.69) is 118 Å². The molecule has 0 aliphatic rings. The smallest absolute Gasteiger partial charge is 0.0991 e. The molecule has 6 aromatic carbocycles. The van der Waals surface area contributed by atoms with Crippen molar-refractivity contribution in [1.82, 2.24) is 9.13 Å². The molecule has 9 rings (SSSR count). The monoisotopic (exact) mass is 564 g/mol. The Hall–Kier alpha value is -5.88.